The molecule has 2 heteroatoms. The second-order valence-corrected chi connectivity index (χ2v) is 5.97. The van der Waals surface area contributed by atoms with Gasteiger partial charge in [-0.15, -0.1) is 0 Å². The molecule has 1 aromatic carbocycles. The number of hydrogen-bond donors (Lipinski definition) is 1. The van der Waals surface area contributed by atoms with Gasteiger partial charge in [0, 0.05) is 10.0 Å². The monoisotopic (exact) mass is 267 g/mol. The van der Waals surface area contributed by atoms with Crippen molar-refractivity contribution in [3.8, 4) is 0 Å². The van der Waals surface area contributed by atoms with E-state index in [1.807, 2.05) is 0 Å². The Morgan fingerprint density at radius 2 is 1.93 bits per heavy atom. The Morgan fingerprint density at radius 3 is 2.53 bits per heavy atom. The van der Waals surface area contributed by atoms with Crippen LogP contribution >= 0.6 is 15.9 Å². The minimum absolute atomic E-state index is 0.288. The maximum Gasteiger partial charge on any atom is 0.0175 e. The van der Waals surface area contributed by atoms with Crippen LogP contribution in [-0.4, -0.2) is 12.1 Å². The van der Waals surface area contributed by atoms with Crippen LogP contribution in [0.1, 0.15) is 38.2 Å². The fourth-order valence-corrected chi connectivity index (χ4v) is 2.66. The standard InChI is InChI=1S/C13H18BrN/c1-13(2)9-11(7-8-15-13)10-3-5-12(14)6-4-10/h3-6,11,15H,7-9H2,1-2H3. The zero-order chi connectivity index (χ0) is 10.9. The molecule has 1 fully saturated rings. The van der Waals surface area contributed by atoms with E-state index in [0.29, 0.717) is 5.92 Å². The van der Waals surface area contributed by atoms with Gasteiger partial charge in [-0.2, -0.15) is 0 Å². The number of piperidine rings is 1. The van der Waals surface area contributed by atoms with E-state index in [4.69, 9.17) is 0 Å². The Labute approximate surface area is 100 Å². The lowest BCUT2D eigenvalue weighted by Crippen LogP contribution is -2.45. The summed E-state index contributed by atoms with van der Waals surface area (Å²) in [5.41, 5.74) is 1.77. The van der Waals surface area contributed by atoms with Crippen LogP contribution in [0, 0.1) is 0 Å². The van der Waals surface area contributed by atoms with Crippen LogP contribution < -0.4 is 5.32 Å². The minimum Gasteiger partial charge on any atom is -0.312 e. The van der Waals surface area contributed by atoms with Crippen molar-refractivity contribution in [3.63, 3.8) is 0 Å². The smallest absolute Gasteiger partial charge is 0.0175 e. The largest absolute Gasteiger partial charge is 0.312 e. The lowest BCUT2D eigenvalue weighted by Gasteiger charge is -2.36. The van der Waals surface area contributed by atoms with Crippen molar-refractivity contribution in [3.05, 3.63) is 34.3 Å². The van der Waals surface area contributed by atoms with Crippen molar-refractivity contribution in [1.82, 2.24) is 5.32 Å². The van der Waals surface area contributed by atoms with E-state index in [1.165, 1.54) is 22.9 Å². The molecule has 2 rings (SSSR count). The fraction of sp³-hybridized carbons (Fsp3) is 0.538. The van der Waals surface area contributed by atoms with Gasteiger partial charge in [-0.1, -0.05) is 28.1 Å². The van der Waals surface area contributed by atoms with Gasteiger partial charge in [-0.25, -0.2) is 0 Å². The Morgan fingerprint density at radius 1 is 1.27 bits per heavy atom. The Kier molecular flexibility index (Phi) is 3.17. The van der Waals surface area contributed by atoms with Crippen molar-refractivity contribution in [1.29, 1.82) is 0 Å². The highest BCUT2D eigenvalue weighted by molar-refractivity contribution is 9.10. The normalized spacial score (nSPS) is 25.1. The first-order chi connectivity index (χ1) is 7.07. The molecule has 0 radical (unpaired) electrons. The molecule has 1 aromatic rings. The first-order valence-electron chi connectivity index (χ1n) is 5.57. The summed E-state index contributed by atoms with van der Waals surface area (Å²) in [5, 5.41) is 3.56. The van der Waals surface area contributed by atoms with E-state index in [9.17, 15) is 0 Å². The van der Waals surface area contributed by atoms with E-state index in [0.717, 1.165) is 6.54 Å². The van der Waals surface area contributed by atoms with E-state index >= 15 is 0 Å². The topological polar surface area (TPSA) is 12.0 Å². The molecule has 1 saturated heterocycles. The molecule has 1 aliphatic rings. The van der Waals surface area contributed by atoms with E-state index in [1.54, 1.807) is 0 Å². The maximum atomic E-state index is 3.56. The third-order valence-corrected chi connectivity index (χ3v) is 3.72. The number of rotatable bonds is 1. The van der Waals surface area contributed by atoms with Crippen LogP contribution in [0.15, 0.2) is 28.7 Å². The van der Waals surface area contributed by atoms with Crippen LogP contribution in [0.25, 0.3) is 0 Å². The number of benzene rings is 1. The molecule has 1 unspecified atom stereocenters. The number of nitrogens with one attached hydrogen (secondary N) is 1. The zero-order valence-corrected chi connectivity index (χ0v) is 11.0. The summed E-state index contributed by atoms with van der Waals surface area (Å²) in [6.07, 6.45) is 2.49. The number of halogens is 1. The third kappa shape index (κ3) is 2.82. The third-order valence-electron chi connectivity index (χ3n) is 3.19. The molecular formula is C13H18BrN. The average molecular weight is 268 g/mol. The first-order valence-corrected chi connectivity index (χ1v) is 6.37. The second kappa shape index (κ2) is 4.26. The number of hydrogen-bond acceptors (Lipinski definition) is 1. The molecule has 0 saturated carbocycles. The van der Waals surface area contributed by atoms with Crippen LogP contribution in [0.3, 0.4) is 0 Å². The van der Waals surface area contributed by atoms with Crippen LogP contribution in [0.4, 0.5) is 0 Å². The molecule has 1 nitrogen and oxygen atoms in total. The zero-order valence-electron chi connectivity index (χ0n) is 9.39. The van der Waals surface area contributed by atoms with Gasteiger partial charge < -0.3 is 5.32 Å². The molecule has 0 aromatic heterocycles. The minimum atomic E-state index is 0.288. The summed E-state index contributed by atoms with van der Waals surface area (Å²) in [7, 11) is 0. The van der Waals surface area contributed by atoms with Gasteiger partial charge in [0.1, 0.15) is 0 Å². The van der Waals surface area contributed by atoms with Crippen molar-refractivity contribution >= 4 is 15.9 Å². The quantitative estimate of drug-likeness (QED) is 0.819. The molecule has 1 aliphatic heterocycles. The molecule has 0 aliphatic carbocycles. The van der Waals surface area contributed by atoms with E-state index < -0.39 is 0 Å². The van der Waals surface area contributed by atoms with Crippen molar-refractivity contribution in [2.24, 2.45) is 0 Å². The van der Waals surface area contributed by atoms with Gasteiger partial charge in [0.05, 0.1) is 0 Å². The van der Waals surface area contributed by atoms with Crippen molar-refractivity contribution < 1.29 is 0 Å². The van der Waals surface area contributed by atoms with Crippen LogP contribution in [0.2, 0.25) is 0 Å². The Bertz CT molecular complexity index is 329. The summed E-state index contributed by atoms with van der Waals surface area (Å²) < 4.78 is 1.17. The molecular weight excluding hydrogens is 250 g/mol. The van der Waals surface area contributed by atoms with Gasteiger partial charge in [-0.3, -0.25) is 0 Å². The lowest BCUT2D eigenvalue weighted by molar-refractivity contribution is 0.275. The highest BCUT2D eigenvalue weighted by Gasteiger charge is 2.27. The molecule has 0 amide bonds. The molecule has 0 bridgehead atoms. The predicted molar refractivity (Wildman–Crippen MR) is 68.2 cm³/mol. The van der Waals surface area contributed by atoms with E-state index in [2.05, 4.69) is 59.4 Å². The Balaban J connectivity index is 2.13. The van der Waals surface area contributed by atoms with Gasteiger partial charge in [-0.05, 0) is 56.8 Å². The molecule has 15 heavy (non-hydrogen) atoms. The van der Waals surface area contributed by atoms with Gasteiger partial charge >= 0.3 is 0 Å². The van der Waals surface area contributed by atoms with Crippen molar-refractivity contribution in [2.75, 3.05) is 6.54 Å². The fourth-order valence-electron chi connectivity index (χ4n) is 2.39. The summed E-state index contributed by atoms with van der Waals surface area (Å²) in [5.74, 6) is 0.717. The van der Waals surface area contributed by atoms with Gasteiger partial charge in [0.15, 0.2) is 0 Å². The highest BCUT2D eigenvalue weighted by atomic mass is 79.9. The molecule has 1 atom stereocenters. The van der Waals surface area contributed by atoms with Crippen LogP contribution in [0.5, 0.6) is 0 Å². The highest BCUT2D eigenvalue weighted by Crippen LogP contribution is 2.32. The molecule has 0 spiro atoms. The summed E-state index contributed by atoms with van der Waals surface area (Å²) >= 11 is 3.48. The van der Waals surface area contributed by atoms with Gasteiger partial charge in [0.25, 0.3) is 0 Å². The maximum absolute atomic E-state index is 3.56. The molecule has 1 heterocycles. The summed E-state index contributed by atoms with van der Waals surface area (Å²) in [6, 6.07) is 8.78. The van der Waals surface area contributed by atoms with E-state index in [-0.39, 0.29) is 5.54 Å². The Hall–Kier alpha value is -0.340. The second-order valence-electron chi connectivity index (χ2n) is 5.05. The molecule has 1 N–H and O–H groups in total. The predicted octanol–water partition coefficient (Wildman–Crippen LogP) is 3.69. The SMILES string of the molecule is CC1(C)CC(c2ccc(Br)cc2)CCN1. The molecule has 82 valence electrons. The lowest BCUT2D eigenvalue weighted by atomic mass is 9.81. The summed E-state index contributed by atoms with van der Waals surface area (Å²) in [4.78, 5) is 0. The first kappa shape index (κ1) is 11.2. The average Bonchev–Trinajstić information content (AvgIpc) is 2.17. The summed E-state index contributed by atoms with van der Waals surface area (Å²) in [6.45, 7) is 5.71. The van der Waals surface area contributed by atoms with Crippen LogP contribution in [-0.2, 0) is 0 Å². The van der Waals surface area contributed by atoms with Crippen molar-refractivity contribution in [2.45, 2.75) is 38.1 Å². The van der Waals surface area contributed by atoms with Gasteiger partial charge in [0.2, 0.25) is 0 Å².